The number of hydrogen-bond acceptors (Lipinski definition) is 1. The Bertz CT molecular complexity index is 88.9. The van der Waals surface area contributed by atoms with Gasteiger partial charge in [0.15, 0.2) is 0 Å². The van der Waals surface area contributed by atoms with Crippen molar-refractivity contribution in [3.63, 3.8) is 0 Å². The lowest BCUT2D eigenvalue weighted by Gasteiger charge is -2.20. The van der Waals surface area contributed by atoms with E-state index in [1.165, 1.54) is 19.3 Å². The normalized spacial score (nSPS) is 42.9. The van der Waals surface area contributed by atoms with Gasteiger partial charge in [-0.2, -0.15) is 0 Å². The summed E-state index contributed by atoms with van der Waals surface area (Å²) >= 11 is 0. The van der Waals surface area contributed by atoms with Crippen molar-refractivity contribution in [1.82, 2.24) is 0 Å². The number of rotatable bonds is 0. The zero-order valence-corrected chi connectivity index (χ0v) is 7.01. The molecule has 0 radical (unpaired) electrons. The van der Waals surface area contributed by atoms with E-state index in [9.17, 15) is 5.11 Å². The van der Waals surface area contributed by atoms with Crippen LogP contribution in [-0.4, -0.2) is 11.2 Å². The molecule has 3 atom stereocenters. The summed E-state index contributed by atoms with van der Waals surface area (Å²) in [7, 11) is 0. The van der Waals surface area contributed by atoms with Gasteiger partial charge in [-0.15, -0.1) is 0 Å². The maximum absolute atomic E-state index is 9.53. The fraction of sp³-hybridized carbons (Fsp3) is 1.00. The lowest BCUT2D eigenvalue weighted by Crippen LogP contribution is -2.21. The van der Waals surface area contributed by atoms with E-state index in [1.807, 2.05) is 0 Å². The zero-order valence-electron chi connectivity index (χ0n) is 7.01. The maximum atomic E-state index is 9.53. The first-order chi connectivity index (χ1) is 4.72. The first-order valence-corrected chi connectivity index (χ1v) is 4.40. The molecule has 0 spiro atoms. The summed E-state index contributed by atoms with van der Waals surface area (Å²) in [5, 5.41) is 9.53. The highest BCUT2D eigenvalue weighted by Gasteiger charge is 2.22. The Balaban J connectivity index is 2.46. The summed E-state index contributed by atoms with van der Waals surface area (Å²) in [5.41, 5.74) is 0. The van der Waals surface area contributed by atoms with Crippen molar-refractivity contribution in [2.45, 2.75) is 45.6 Å². The predicted octanol–water partition coefficient (Wildman–Crippen LogP) is 2.19. The molecule has 1 heteroatoms. The predicted molar refractivity (Wildman–Crippen MR) is 42.8 cm³/mol. The molecule has 0 aromatic carbocycles. The highest BCUT2D eigenvalue weighted by Crippen LogP contribution is 2.27. The first kappa shape index (κ1) is 8.06. The number of hydrogen-bond donors (Lipinski definition) is 1. The lowest BCUT2D eigenvalue weighted by molar-refractivity contribution is 0.0884. The van der Waals surface area contributed by atoms with Gasteiger partial charge in [0.05, 0.1) is 6.10 Å². The van der Waals surface area contributed by atoms with Gasteiger partial charge in [-0.25, -0.2) is 0 Å². The van der Waals surface area contributed by atoms with E-state index in [2.05, 4.69) is 13.8 Å². The van der Waals surface area contributed by atoms with Gasteiger partial charge in [0.25, 0.3) is 0 Å². The fourth-order valence-electron chi connectivity index (χ4n) is 1.72. The van der Waals surface area contributed by atoms with Crippen LogP contribution < -0.4 is 0 Å². The third-order valence-corrected chi connectivity index (χ3v) is 2.91. The van der Waals surface area contributed by atoms with Crippen LogP contribution in [0.15, 0.2) is 0 Å². The van der Waals surface area contributed by atoms with Crippen molar-refractivity contribution in [2.24, 2.45) is 11.8 Å². The molecule has 60 valence electrons. The van der Waals surface area contributed by atoms with Gasteiger partial charge in [0.1, 0.15) is 0 Å². The minimum Gasteiger partial charge on any atom is -0.393 e. The summed E-state index contributed by atoms with van der Waals surface area (Å²) in [6.07, 6.45) is 4.82. The maximum Gasteiger partial charge on any atom is 0.0568 e. The second-order valence-electron chi connectivity index (χ2n) is 3.69. The van der Waals surface area contributed by atoms with Crippen molar-refractivity contribution < 1.29 is 5.11 Å². The van der Waals surface area contributed by atoms with E-state index in [0.717, 1.165) is 12.3 Å². The number of aliphatic hydroxyl groups excluding tert-OH is 1. The van der Waals surface area contributed by atoms with Gasteiger partial charge in [-0.1, -0.05) is 33.1 Å². The van der Waals surface area contributed by atoms with E-state index >= 15 is 0 Å². The van der Waals surface area contributed by atoms with Crippen LogP contribution in [0.25, 0.3) is 0 Å². The monoisotopic (exact) mass is 142 g/mol. The second-order valence-corrected chi connectivity index (χ2v) is 3.69. The molecule has 10 heavy (non-hydrogen) atoms. The fourth-order valence-corrected chi connectivity index (χ4v) is 1.72. The van der Waals surface area contributed by atoms with E-state index < -0.39 is 0 Å². The molecule has 0 saturated heterocycles. The quantitative estimate of drug-likeness (QED) is 0.514. The molecule has 0 bridgehead atoms. The van der Waals surface area contributed by atoms with Crippen LogP contribution in [0, 0.1) is 11.8 Å². The van der Waals surface area contributed by atoms with E-state index in [1.54, 1.807) is 0 Å². The molecule has 1 fully saturated rings. The second kappa shape index (κ2) is 3.38. The van der Waals surface area contributed by atoms with Crippen molar-refractivity contribution in [2.75, 3.05) is 0 Å². The smallest absolute Gasteiger partial charge is 0.0568 e. The zero-order chi connectivity index (χ0) is 7.56. The van der Waals surface area contributed by atoms with Crippen molar-refractivity contribution in [3.8, 4) is 0 Å². The Hall–Kier alpha value is -0.0400. The molecule has 1 nitrogen and oxygen atoms in total. The largest absolute Gasteiger partial charge is 0.393 e. The van der Waals surface area contributed by atoms with Crippen LogP contribution in [0.4, 0.5) is 0 Å². The van der Waals surface area contributed by atoms with Crippen molar-refractivity contribution >= 4 is 0 Å². The minimum absolute atomic E-state index is 0.0301. The molecule has 1 N–H and O–H groups in total. The van der Waals surface area contributed by atoms with Gasteiger partial charge < -0.3 is 5.11 Å². The van der Waals surface area contributed by atoms with E-state index in [-0.39, 0.29) is 6.10 Å². The third-order valence-electron chi connectivity index (χ3n) is 2.91. The van der Waals surface area contributed by atoms with Crippen molar-refractivity contribution in [3.05, 3.63) is 0 Å². The minimum atomic E-state index is -0.0301. The van der Waals surface area contributed by atoms with Gasteiger partial charge in [-0.05, 0) is 18.3 Å². The molecule has 3 unspecified atom stereocenters. The summed E-state index contributed by atoms with van der Waals surface area (Å²) < 4.78 is 0. The van der Waals surface area contributed by atoms with Crippen LogP contribution in [0.5, 0.6) is 0 Å². The third kappa shape index (κ3) is 1.72. The van der Waals surface area contributed by atoms with E-state index in [4.69, 9.17) is 0 Å². The summed E-state index contributed by atoms with van der Waals surface area (Å²) in [4.78, 5) is 0. The summed E-state index contributed by atoms with van der Waals surface area (Å²) in [6.45, 7) is 4.42. The summed E-state index contributed by atoms with van der Waals surface area (Å²) in [5.74, 6) is 1.24. The molecule has 0 aromatic rings. The highest BCUT2D eigenvalue weighted by molar-refractivity contribution is 4.73. The Labute approximate surface area is 63.4 Å². The van der Waals surface area contributed by atoms with Crippen LogP contribution in [-0.2, 0) is 0 Å². The molecule has 1 aliphatic rings. The van der Waals surface area contributed by atoms with Crippen LogP contribution in [0.2, 0.25) is 0 Å². The van der Waals surface area contributed by atoms with Crippen LogP contribution in [0.3, 0.4) is 0 Å². The Morgan fingerprint density at radius 1 is 1.10 bits per heavy atom. The van der Waals surface area contributed by atoms with Gasteiger partial charge in [0.2, 0.25) is 0 Å². The molecule has 0 aliphatic heterocycles. The molecular weight excluding hydrogens is 124 g/mol. The molecule has 0 heterocycles. The average Bonchev–Trinajstić information content (AvgIpc) is 2.04. The summed E-state index contributed by atoms with van der Waals surface area (Å²) in [6, 6.07) is 0. The SMILES string of the molecule is CC1CCCCC(O)C1C. The molecule has 1 saturated carbocycles. The molecule has 0 amide bonds. The standard InChI is InChI=1S/C9H18O/c1-7-5-3-4-6-9(10)8(7)2/h7-10H,3-6H2,1-2H3. The topological polar surface area (TPSA) is 20.2 Å². The van der Waals surface area contributed by atoms with Gasteiger partial charge in [0, 0.05) is 0 Å². The average molecular weight is 142 g/mol. The number of aliphatic hydroxyl groups is 1. The van der Waals surface area contributed by atoms with Gasteiger partial charge in [-0.3, -0.25) is 0 Å². The molecule has 1 aliphatic carbocycles. The highest BCUT2D eigenvalue weighted by atomic mass is 16.3. The molecule has 1 rings (SSSR count). The van der Waals surface area contributed by atoms with Gasteiger partial charge >= 0.3 is 0 Å². The lowest BCUT2D eigenvalue weighted by atomic mass is 9.90. The Morgan fingerprint density at radius 3 is 2.40 bits per heavy atom. The first-order valence-electron chi connectivity index (χ1n) is 4.40. The molecule has 0 aromatic heterocycles. The Kier molecular flexibility index (Phi) is 2.72. The van der Waals surface area contributed by atoms with Crippen LogP contribution >= 0.6 is 0 Å². The Morgan fingerprint density at radius 2 is 1.70 bits per heavy atom. The van der Waals surface area contributed by atoms with Crippen LogP contribution in [0.1, 0.15) is 39.5 Å². The van der Waals surface area contributed by atoms with Crippen molar-refractivity contribution in [1.29, 1.82) is 0 Å². The molecular formula is C9H18O. The van der Waals surface area contributed by atoms with E-state index in [0.29, 0.717) is 5.92 Å².